The monoisotopic (exact) mass is 246 g/mol. The highest BCUT2D eigenvalue weighted by Crippen LogP contribution is 2.25. The summed E-state index contributed by atoms with van der Waals surface area (Å²) >= 11 is 0. The van der Waals surface area contributed by atoms with Crippen LogP contribution in [0, 0.1) is 0 Å². The SMILES string of the molecule is C=C(C)C(F)(F)C(/C=C(\C)C(=O)OCC)=N/N. The van der Waals surface area contributed by atoms with E-state index in [0.29, 0.717) is 0 Å². The minimum Gasteiger partial charge on any atom is -0.463 e. The largest absolute Gasteiger partial charge is 0.463 e. The number of hydrazone groups is 1. The van der Waals surface area contributed by atoms with E-state index in [1.807, 2.05) is 0 Å². The smallest absolute Gasteiger partial charge is 0.333 e. The van der Waals surface area contributed by atoms with E-state index in [9.17, 15) is 13.6 Å². The number of rotatable bonds is 5. The number of nitrogens with two attached hydrogens (primary N) is 1. The molecule has 4 nitrogen and oxygen atoms in total. The van der Waals surface area contributed by atoms with Gasteiger partial charge in [0.25, 0.3) is 0 Å². The van der Waals surface area contributed by atoms with Crippen molar-refractivity contribution in [1.29, 1.82) is 0 Å². The molecule has 0 aromatic rings. The molecule has 0 bridgehead atoms. The van der Waals surface area contributed by atoms with Gasteiger partial charge in [0.2, 0.25) is 0 Å². The van der Waals surface area contributed by atoms with Gasteiger partial charge in [0.05, 0.1) is 6.61 Å². The van der Waals surface area contributed by atoms with Gasteiger partial charge in [0.15, 0.2) is 0 Å². The van der Waals surface area contributed by atoms with Crippen LogP contribution >= 0.6 is 0 Å². The molecule has 6 heteroatoms. The van der Waals surface area contributed by atoms with Crippen LogP contribution in [0.25, 0.3) is 0 Å². The van der Waals surface area contributed by atoms with Crippen molar-refractivity contribution in [2.75, 3.05) is 6.61 Å². The van der Waals surface area contributed by atoms with Gasteiger partial charge in [-0.1, -0.05) is 6.58 Å². The average Bonchev–Trinajstić information content (AvgIpc) is 2.25. The molecule has 0 rings (SSSR count). The Morgan fingerprint density at radius 1 is 1.53 bits per heavy atom. The first-order valence-corrected chi connectivity index (χ1v) is 4.94. The molecule has 0 unspecified atom stereocenters. The number of allylic oxidation sites excluding steroid dienone is 2. The number of alkyl halides is 2. The summed E-state index contributed by atoms with van der Waals surface area (Å²) in [4.78, 5) is 11.2. The molecule has 0 spiro atoms. The van der Waals surface area contributed by atoms with E-state index in [1.54, 1.807) is 6.92 Å². The summed E-state index contributed by atoms with van der Waals surface area (Å²) in [6.45, 7) is 7.43. The van der Waals surface area contributed by atoms with Gasteiger partial charge < -0.3 is 10.6 Å². The molecule has 0 aromatic heterocycles. The molecule has 0 amide bonds. The molecule has 0 saturated carbocycles. The number of nitrogens with zero attached hydrogens (tertiary/aromatic N) is 1. The van der Waals surface area contributed by atoms with E-state index in [1.165, 1.54) is 6.92 Å². The maximum Gasteiger partial charge on any atom is 0.333 e. The average molecular weight is 246 g/mol. The van der Waals surface area contributed by atoms with Crippen molar-refractivity contribution in [2.45, 2.75) is 26.7 Å². The number of carbonyl (C=O) groups excluding carboxylic acids is 1. The van der Waals surface area contributed by atoms with E-state index in [4.69, 9.17) is 5.84 Å². The highest BCUT2D eigenvalue weighted by molar-refractivity contribution is 6.07. The van der Waals surface area contributed by atoms with Gasteiger partial charge in [0, 0.05) is 5.57 Å². The van der Waals surface area contributed by atoms with Crippen molar-refractivity contribution in [3.05, 3.63) is 23.8 Å². The molecule has 96 valence electrons. The molecular weight excluding hydrogens is 230 g/mol. The van der Waals surface area contributed by atoms with E-state index < -0.39 is 23.2 Å². The van der Waals surface area contributed by atoms with Crippen LogP contribution in [-0.4, -0.2) is 24.2 Å². The molecule has 0 aliphatic rings. The summed E-state index contributed by atoms with van der Waals surface area (Å²) in [5, 5.41) is 2.99. The van der Waals surface area contributed by atoms with Crippen LogP contribution in [0.4, 0.5) is 8.78 Å². The van der Waals surface area contributed by atoms with Crippen molar-refractivity contribution < 1.29 is 18.3 Å². The zero-order valence-electron chi connectivity index (χ0n) is 10.1. The van der Waals surface area contributed by atoms with Crippen LogP contribution in [0.15, 0.2) is 28.9 Å². The van der Waals surface area contributed by atoms with Crippen molar-refractivity contribution in [2.24, 2.45) is 10.9 Å². The second-order valence-electron chi connectivity index (χ2n) is 3.42. The second-order valence-corrected chi connectivity index (χ2v) is 3.42. The topological polar surface area (TPSA) is 64.7 Å². The lowest BCUT2D eigenvalue weighted by Gasteiger charge is -2.16. The van der Waals surface area contributed by atoms with Crippen molar-refractivity contribution >= 4 is 11.7 Å². The van der Waals surface area contributed by atoms with Crippen LogP contribution in [0.1, 0.15) is 20.8 Å². The number of carbonyl (C=O) groups is 1. The third-order valence-electron chi connectivity index (χ3n) is 1.95. The Balaban J connectivity index is 5.14. The summed E-state index contributed by atoms with van der Waals surface area (Å²) in [7, 11) is 0. The molecule has 17 heavy (non-hydrogen) atoms. The Hall–Kier alpha value is -1.72. The molecule has 0 radical (unpaired) electrons. The van der Waals surface area contributed by atoms with Crippen molar-refractivity contribution in [3.8, 4) is 0 Å². The predicted molar refractivity (Wildman–Crippen MR) is 61.8 cm³/mol. The van der Waals surface area contributed by atoms with Crippen molar-refractivity contribution in [1.82, 2.24) is 0 Å². The van der Waals surface area contributed by atoms with Gasteiger partial charge in [-0.15, -0.1) is 0 Å². The van der Waals surface area contributed by atoms with Crippen LogP contribution < -0.4 is 5.84 Å². The lowest BCUT2D eigenvalue weighted by molar-refractivity contribution is -0.138. The maximum atomic E-state index is 13.5. The lowest BCUT2D eigenvalue weighted by Crippen LogP contribution is -2.30. The standard InChI is InChI=1S/C11H16F2N2O2/c1-5-17-10(16)8(4)6-9(15-14)11(12,13)7(2)3/h6H,2,5,14H2,1,3-4H3/b8-6+,15-9+. The first-order valence-electron chi connectivity index (χ1n) is 4.94. The minimum atomic E-state index is -3.37. The summed E-state index contributed by atoms with van der Waals surface area (Å²) in [5.41, 5.74) is -1.14. The Labute approximate surface area is 98.8 Å². The van der Waals surface area contributed by atoms with Crippen LogP contribution in [0.5, 0.6) is 0 Å². The minimum absolute atomic E-state index is 0.00280. The normalized spacial score (nSPS) is 13.5. The summed E-state index contributed by atoms with van der Waals surface area (Å²) < 4.78 is 31.7. The Morgan fingerprint density at radius 2 is 2.06 bits per heavy atom. The van der Waals surface area contributed by atoms with Gasteiger partial charge in [-0.25, -0.2) is 4.79 Å². The molecule has 0 aliphatic carbocycles. The molecule has 0 fully saturated rings. The van der Waals surface area contributed by atoms with Gasteiger partial charge in [-0.05, 0) is 32.4 Å². The van der Waals surface area contributed by atoms with E-state index in [2.05, 4.69) is 16.4 Å². The number of halogens is 2. The second kappa shape index (κ2) is 6.12. The number of hydrogen-bond donors (Lipinski definition) is 1. The van der Waals surface area contributed by atoms with E-state index in [0.717, 1.165) is 13.0 Å². The molecule has 0 heterocycles. The summed E-state index contributed by atoms with van der Waals surface area (Å²) in [6, 6.07) is 0. The van der Waals surface area contributed by atoms with Crippen LogP contribution in [0.2, 0.25) is 0 Å². The van der Waals surface area contributed by atoms with Gasteiger partial charge in [-0.2, -0.15) is 13.9 Å². The fourth-order valence-electron chi connectivity index (χ4n) is 0.937. The highest BCUT2D eigenvalue weighted by atomic mass is 19.3. The Kier molecular flexibility index (Phi) is 5.50. The summed E-state index contributed by atoms with van der Waals surface area (Å²) in [6.07, 6.45) is 0.896. The maximum absolute atomic E-state index is 13.5. The zero-order chi connectivity index (χ0) is 13.6. The third-order valence-corrected chi connectivity index (χ3v) is 1.95. The highest BCUT2D eigenvalue weighted by Gasteiger charge is 2.36. The first kappa shape index (κ1) is 15.3. The molecule has 0 aliphatic heterocycles. The zero-order valence-corrected chi connectivity index (χ0v) is 10.1. The van der Waals surface area contributed by atoms with E-state index in [-0.39, 0.29) is 12.2 Å². The summed E-state index contributed by atoms with van der Waals surface area (Å²) in [5.74, 6) is 0.828. The van der Waals surface area contributed by atoms with Crippen molar-refractivity contribution in [3.63, 3.8) is 0 Å². The van der Waals surface area contributed by atoms with Crippen LogP contribution in [-0.2, 0) is 9.53 Å². The van der Waals surface area contributed by atoms with E-state index >= 15 is 0 Å². The van der Waals surface area contributed by atoms with Gasteiger partial charge >= 0.3 is 11.9 Å². The fraction of sp³-hybridized carbons (Fsp3) is 0.455. The van der Waals surface area contributed by atoms with Crippen LogP contribution in [0.3, 0.4) is 0 Å². The number of esters is 1. The third kappa shape index (κ3) is 3.97. The van der Waals surface area contributed by atoms with Gasteiger partial charge in [-0.3, -0.25) is 0 Å². The Morgan fingerprint density at radius 3 is 2.41 bits per heavy atom. The number of hydrogen-bond acceptors (Lipinski definition) is 4. The molecule has 2 N–H and O–H groups in total. The first-order chi connectivity index (χ1) is 7.77. The molecular formula is C11H16F2N2O2. The fourth-order valence-corrected chi connectivity index (χ4v) is 0.937. The molecule has 0 saturated heterocycles. The quantitative estimate of drug-likeness (QED) is 0.201. The Bertz CT molecular complexity index is 374. The molecule has 0 atom stereocenters. The lowest BCUT2D eigenvalue weighted by atomic mass is 10.0. The molecule has 0 aromatic carbocycles. The predicted octanol–water partition coefficient (Wildman–Crippen LogP) is 2.02. The number of ether oxygens (including phenoxy) is 1. The van der Waals surface area contributed by atoms with Gasteiger partial charge in [0.1, 0.15) is 5.71 Å².